The summed E-state index contributed by atoms with van der Waals surface area (Å²) in [6, 6.07) is 16.2. The van der Waals surface area contributed by atoms with Gasteiger partial charge in [0.15, 0.2) is 0 Å². The first-order valence-corrected chi connectivity index (χ1v) is 5.95. The fraction of sp³-hybridized carbons (Fsp3) is 0.200. The number of anilines is 4. The molecule has 2 N–H and O–H groups in total. The maximum absolute atomic E-state index is 5.72. The van der Waals surface area contributed by atoms with Crippen LogP contribution in [0.2, 0.25) is 0 Å². The highest BCUT2D eigenvalue weighted by Crippen LogP contribution is 2.32. The summed E-state index contributed by atoms with van der Waals surface area (Å²) in [5, 5.41) is 0. The quantitative estimate of drug-likeness (QED) is 0.838. The standard InChI is InChI=1S/C15H19N3/c1-17(2)14-6-4-5-7-15(14)18(3)13-10-8-12(16)9-11-13/h4-11H,16H2,1-3H3. The van der Waals surface area contributed by atoms with E-state index >= 15 is 0 Å². The van der Waals surface area contributed by atoms with E-state index in [2.05, 4.69) is 55.2 Å². The fourth-order valence-electron chi connectivity index (χ4n) is 1.96. The predicted molar refractivity (Wildman–Crippen MR) is 79.7 cm³/mol. The molecule has 0 amide bonds. The third-order valence-corrected chi connectivity index (χ3v) is 3.01. The van der Waals surface area contributed by atoms with Gasteiger partial charge in [-0.1, -0.05) is 12.1 Å². The molecule has 0 aliphatic carbocycles. The number of para-hydroxylation sites is 2. The summed E-state index contributed by atoms with van der Waals surface area (Å²) in [5.41, 5.74) is 9.99. The van der Waals surface area contributed by atoms with Crippen LogP contribution in [0.4, 0.5) is 22.7 Å². The lowest BCUT2D eigenvalue weighted by molar-refractivity contribution is 1.10. The Morgan fingerprint density at radius 2 is 1.33 bits per heavy atom. The molecule has 0 unspecified atom stereocenters. The molecule has 2 rings (SSSR count). The van der Waals surface area contributed by atoms with Crippen LogP contribution in [-0.4, -0.2) is 21.1 Å². The molecule has 0 aliphatic heterocycles. The van der Waals surface area contributed by atoms with Crippen molar-refractivity contribution in [3.05, 3.63) is 48.5 Å². The Hall–Kier alpha value is -2.16. The van der Waals surface area contributed by atoms with Gasteiger partial charge in [0.25, 0.3) is 0 Å². The van der Waals surface area contributed by atoms with Crippen molar-refractivity contribution in [3.8, 4) is 0 Å². The van der Waals surface area contributed by atoms with Gasteiger partial charge in [-0.3, -0.25) is 0 Å². The second-order valence-electron chi connectivity index (χ2n) is 4.53. The first kappa shape index (κ1) is 12.3. The number of rotatable bonds is 3. The van der Waals surface area contributed by atoms with Crippen LogP contribution in [0.5, 0.6) is 0 Å². The molecular formula is C15H19N3. The molecule has 0 atom stereocenters. The van der Waals surface area contributed by atoms with Gasteiger partial charge >= 0.3 is 0 Å². The lowest BCUT2D eigenvalue weighted by atomic mass is 10.2. The molecule has 0 radical (unpaired) electrons. The largest absolute Gasteiger partial charge is 0.399 e. The Balaban J connectivity index is 2.39. The van der Waals surface area contributed by atoms with Crippen LogP contribution in [0.15, 0.2) is 48.5 Å². The first-order chi connectivity index (χ1) is 8.59. The van der Waals surface area contributed by atoms with Crippen LogP contribution in [0.3, 0.4) is 0 Å². The van der Waals surface area contributed by atoms with Crippen molar-refractivity contribution in [2.75, 3.05) is 36.7 Å². The molecule has 0 aliphatic rings. The van der Waals surface area contributed by atoms with Crippen molar-refractivity contribution in [1.82, 2.24) is 0 Å². The third kappa shape index (κ3) is 2.40. The smallest absolute Gasteiger partial charge is 0.0645 e. The molecule has 0 saturated heterocycles. The average Bonchev–Trinajstić information content (AvgIpc) is 2.39. The minimum Gasteiger partial charge on any atom is -0.399 e. The number of hydrogen-bond acceptors (Lipinski definition) is 3. The lowest BCUT2D eigenvalue weighted by Crippen LogP contribution is -2.16. The van der Waals surface area contributed by atoms with Crippen molar-refractivity contribution in [1.29, 1.82) is 0 Å². The van der Waals surface area contributed by atoms with Crippen LogP contribution in [0.25, 0.3) is 0 Å². The van der Waals surface area contributed by atoms with Gasteiger partial charge in [0.1, 0.15) is 0 Å². The van der Waals surface area contributed by atoms with E-state index in [0.717, 1.165) is 11.4 Å². The Labute approximate surface area is 108 Å². The maximum atomic E-state index is 5.72. The number of nitrogens with zero attached hydrogens (tertiary/aromatic N) is 2. The zero-order chi connectivity index (χ0) is 13.1. The molecule has 0 fully saturated rings. The van der Waals surface area contributed by atoms with Gasteiger partial charge < -0.3 is 15.5 Å². The molecule has 3 heteroatoms. The summed E-state index contributed by atoms with van der Waals surface area (Å²) in [7, 11) is 6.17. The molecule has 0 saturated carbocycles. The second-order valence-corrected chi connectivity index (χ2v) is 4.53. The van der Waals surface area contributed by atoms with Gasteiger partial charge in [-0.15, -0.1) is 0 Å². The Kier molecular flexibility index (Phi) is 3.42. The lowest BCUT2D eigenvalue weighted by Gasteiger charge is -2.25. The van der Waals surface area contributed by atoms with Crippen LogP contribution < -0.4 is 15.5 Å². The topological polar surface area (TPSA) is 32.5 Å². The number of benzene rings is 2. The van der Waals surface area contributed by atoms with Crippen molar-refractivity contribution in [3.63, 3.8) is 0 Å². The number of nitrogen functional groups attached to an aromatic ring is 1. The Bertz CT molecular complexity index is 518. The highest BCUT2D eigenvalue weighted by molar-refractivity contribution is 5.76. The van der Waals surface area contributed by atoms with E-state index in [-0.39, 0.29) is 0 Å². The predicted octanol–water partition coefficient (Wildman–Crippen LogP) is 3.10. The summed E-state index contributed by atoms with van der Waals surface area (Å²) in [5.74, 6) is 0. The molecule has 3 nitrogen and oxygen atoms in total. The third-order valence-electron chi connectivity index (χ3n) is 3.01. The van der Waals surface area contributed by atoms with Crippen LogP contribution in [0.1, 0.15) is 0 Å². The zero-order valence-electron chi connectivity index (χ0n) is 11.1. The van der Waals surface area contributed by atoms with Crippen LogP contribution >= 0.6 is 0 Å². The number of hydrogen-bond donors (Lipinski definition) is 1. The molecule has 94 valence electrons. The monoisotopic (exact) mass is 241 g/mol. The zero-order valence-corrected chi connectivity index (χ0v) is 11.1. The van der Waals surface area contributed by atoms with Crippen molar-refractivity contribution in [2.45, 2.75) is 0 Å². The summed E-state index contributed by atoms with van der Waals surface area (Å²) < 4.78 is 0. The van der Waals surface area contributed by atoms with Crippen molar-refractivity contribution in [2.24, 2.45) is 0 Å². The van der Waals surface area contributed by atoms with Gasteiger partial charge in [-0.2, -0.15) is 0 Å². The van der Waals surface area contributed by atoms with Crippen LogP contribution in [0, 0.1) is 0 Å². The molecule has 0 heterocycles. The van der Waals surface area contributed by atoms with E-state index in [1.165, 1.54) is 11.4 Å². The molecule has 18 heavy (non-hydrogen) atoms. The van der Waals surface area contributed by atoms with Gasteiger partial charge in [0.05, 0.1) is 11.4 Å². The minimum atomic E-state index is 0.785. The van der Waals surface area contributed by atoms with Gasteiger partial charge in [-0.25, -0.2) is 0 Å². The Morgan fingerprint density at radius 1 is 0.778 bits per heavy atom. The van der Waals surface area contributed by atoms with E-state index in [1.807, 2.05) is 24.3 Å². The van der Waals surface area contributed by atoms with Crippen LogP contribution in [-0.2, 0) is 0 Å². The summed E-state index contributed by atoms with van der Waals surface area (Å²) in [6.45, 7) is 0. The van der Waals surface area contributed by atoms with Gasteiger partial charge in [-0.05, 0) is 36.4 Å². The summed E-state index contributed by atoms with van der Waals surface area (Å²) >= 11 is 0. The Morgan fingerprint density at radius 3 is 1.89 bits per heavy atom. The number of nitrogens with two attached hydrogens (primary N) is 1. The minimum absolute atomic E-state index is 0.785. The van der Waals surface area contributed by atoms with Crippen molar-refractivity contribution >= 4 is 22.7 Å². The van der Waals surface area contributed by atoms with E-state index in [4.69, 9.17) is 5.73 Å². The van der Waals surface area contributed by atoms with Gasteiger partial charge in [0, 0.05) is 32.5 Å². The molecule has 2 aromatic rings. The van der Waals surface area contributed by atoms with E-state index in [0.29, 0.717) is 0 Å². The SMILES string of the molecule is CN(C)c1ccccc1N(C)c1ccc(N)cc1. The van der Waals surface area contributed by atoms with Crippen molar-refractivity contribution < 1.29 is 0 Å². The normalized spacial score (nSPS) is 10.2. The summed E-state index contributed by atoms with van der Waals surface area (Å²) in [6.07, 6.45) is 0. The highest BCUT2D eigenvalue weighted by atomic mass is 15.2. The second kappa shape index (κ2) is 5.00. The summed E-state index contributed by atoms with van der Waals surface area (Å²) in [4.78, 5) is 4.28. The molecule has 0 spiro atoms. The maximum Gasteiger partial charge on any atom is 0.0645 e. The van der Waals surface area contributed by atoms with Gasteiger partial charge in [0.2, 0.25) is 0 Å². The molecular weight excluding hydrogens is 222 g/mol. The first-order valence-electron chi connectivity index (χ1n) is 5.95. The van der Waals surface area contributed by atoms with E-state index in [1.54, 1.807) is 0 Å². The fourth-order valence-corrected chi connectivity index (χ4v) is 1.96. The van der Waals surface area contributed by atoms with E-state index < -0.39 is 0 Å². The molecule has 0 bridgehead atoms. The molecule has 0 aromatic heterocycles. The van der Waals surface area contributed by atoms with E-state index in [9.17, 15) is 0 Å². The highest BCUT2D eigenvalue weighted by Gasteiger charge is 2.09. The molecule has 2 aromatic carbocycles. The average molecular weight is 241 g/mol.